The summed E-state index contributed by atoms with van der Waals surface area (Å²) in [6.07, 6.45) is 0.760. The van der Waals surface area contributed by atoms with Crippen LogP contribution in [0.3, 0.4) is 0 Å². The van der Waals surface area contributed by atoms with Gasteiger partial charge in [-0.15, -0.1) is 11.8 Å². The SMILES string of the molecule is Cc1cc(F)ccc1C(=O)C1Cc2ccccc2S1. The van der Waals surface area contributed by atoms with Gasteiger partial charge in [0.1, 0.15) is 5.82 Å². The number of hydrogen-bond donors (Lipinski definition) is 0. The third-order valence-corrected chi connectivity index (χ3v) is 4.71. The summed E-state index contributed by atoms with van der Waals surface area (Å²) in [5.41, 5.74) is 2.57. The molecule has 1 aliphatic heterocycles. The van der Waals surface area contributed by atoms with Gasteiger partial charge in [-0.05, 0) is 48.7 Å². The molecular weight excluding hydrogens is 259 g/mol. The highest BCUT2D eigenvalue weighted by molar-refractivity contribution is 8.01. The Morgan fingerprint density at radius 2 is 2.05 bits per heavy atom. The van der Waals surface area contributed by atoms with E-state index in [1.807, 2.05) is 18.2 Å². The third kappa shape index (κ3) is 2.30. The Balaban J connectivity index is 1.87. The molecule has 0 bridgehead atoms. The van der Waals surface area contributed by atoms with Gasteiger partial charge in [-0.3, -0.25) is 4.79 Å². The van der Waals surface area contributed by atoms with Crippen molar-refractivity contribution in [1.29, 1.82) is 0 Å². The van der Waals surface area contributed by atoms with E-state index in [4.69, 9.17) is 0 Å². The molecule has 1 nitrogen and oxygen atoms in total. The maximum Gasteiger partial charge on any atom is 0.176 e. The molecule has 19 heavy (non-hydrogen) atoms. The van der Waals surface area contributed by atoms with Crippen LogP contribution in [0.5, 0.6) is 0 Å². The molecule has 2 aromatic carbocycles. The van der Waals surface area contributed by atoms with E-state index in [2.05, 4.69) is 6.07 Å². The molecule has 1 atom stereocenters. The lowest BCUT2D eigenvalue weighted by atomic mass is 9.99. The molecule has 1 aliphatic rings. The average Bonchev–Trinajstić information content (AvgIpc) is 2.81. The van der Waals surface area contributed by atoms with Crippen LogP contribution in [0.15, 0.2) is 47.4 Å². The molecule has 0 saturated heterocycles. The number of rotatable bonds is 2. The van der Waals surface area contributed by atoms with Crippen molar-refractivity contribution >= 4 is 17.5 Å². The molecule has 96 valence electrons. The van der Waals surface area contributed by atoms with E-state index >= 15 is 0 Å². The fraction of sp³-hybridized carbons (Fsp3) is 0.188. The minimum Gasteiger partial charge on any atom is -0.293 e. The number of benzene rings is 2. The van der Waals surface area contributed by atoms with Gasteiger partial charge in [0.25, 0.3) is 0 Å². The molecule has 0 aromatic heterocycles. The Morgan fingerprint density at radius 1 is 1.26 bits per heavy atom. The van der Waals surface area contributed by atoms with Crippen LogP contribution in [0.2, 0.25) is 0 Å². The lowest BCUT2D eigenvalue weighted by Crippen LogP contribution is -2.17. The Kier molecular flexibility index (Phi) is 3.15. The van der Waals surface area contributed by atoms with E-state index in [-0.39, 0.29) is 16.9 Å². The van der Waals surface area contributed by atoms with Crippen LogP contribution in [0.25, 0.3) is 0 Å². The van der Waals surface area contributed by atoms with Crippen LogP contribution in [-0.4, -0.2) is 11.0 Å². The first-order valence-electron chi connectivity index (χ1n) is 6.20. The van der Waals surface area contributed by atoms with Crippen molar-refractivity contribution in [2.75, 3.05) is 0 Å². The van der Waals surface area contributed by atoms with Crippen molar-refractivity contribution in [3.8, 4) is 0 Å². The van der Waals surface area contributed by atoms with Crippen LogP contribution in [-0.2, 0) is 6.42 Å². The largest absolute Gasteiger partial charge is 0.293 e. The number of Topliss-reactive ketones (excluding diaryl/α,β-unsaturated/α-hetero) is 1. The van der Waals surface area contributed by atoms with Crippen LogP contribution >= 0.6 is 11.8 Å². The maximum atomic E-state index is 13.1. The fourth-order valence-corrected chi connectivity index (χ4v) is 3.67. The van der Waals surface area contributed by atoms with E-state index in [1.54, 1.807) is 24.8 Å². The second-order valence-electron chi connectivity index (χ2n) is 4.74. The summed E-state index contributed by atoms with van der Waals surface area (Å²) in [6, 6.07) is 12.5. The minimum absolute atomic E-state index is 0.0819. The van der Waals surface area contributed by atoms with Gasteiger partial charge in [0.05, 0.1) is 5.25 Å². The summed E-state index contributed by atoms with van der Waals surface area (Å²) in [7, 11) is 0. The van der Waals surface area contributed by atoms with Crippen molar-refractivity contribution < 1.29 is 9.18 Å². The van der Waals surface area contributed by atoms with Gasteiger partial charge < -0.3 is 0 Å². The van der Waals surface area contributed by atoms with Crippen LogP contribution in [0.4, 0.5) is 4.39 Å². The van der Waals surface area contributed by atoms with E-state index < -0.39 is 0 Å². The van der Waals surface area contributed by atoms with E-state index in [1.165, 1.54) is 22.6 Å². The topological polar surface area (TPSA) is 17.1 Å². The monoisotopic (exact) mass is 272 g/mol. The van der Waals surface area contributed by atoms with Crippen molar-refractivity contribution in [3.05, 3.63) is 65.0 Å². The second kappa shape index (κ2) is 4.82. The minimum atomic E-state index is -0.295. The van der Waals surface area contributed by atoms with Crippen LogP contribution in [0, 0.1) is 12.7 Å². The molecule has 3 rings (SSSR count). The Morgan fingerprint density at radius 3 is 2.79 bits per heavy atom. The first-order valence-corrected chi connectivity index (χ1v) is 7.08. The Bertz CT molecular complexity index is 626. The first-order chi connectivity index (χ1) is 9.15. The molecule has 1 unspecified atom stereocenters. The molecule has 1 heterocycles. The zero-order valence-corrected chi connectivity index (χ0v) is 11.3. The highest BCUT2D eigenvalue weighted by Crippen LogP contribution is 2.38. The molecule has 0 fully saturated rings. The van der Waals surface area contributed by atoms with Gasteiger partial charge in [0, 0.05) is 10.5 Å². The number of halogens is 1. The predicted molar refractivity (Wildman–Crippen MR) is 75.3 cm³/mol. The number of hydrogen-bond acceptors (Lipinski definition) is 2. The first kappa shape index (κ1) is 12.4. The molecule has 0 saturated carbocycles. The molecular formula is C16H13FOS. The van der Waals surface area contributed by atoms with Crippen molar-refractivity contribution in [2.24, 2.45) is 0 Å². The summed E-state index contributed by atoms with van der Waals surface area (Å²) in [6.45, 7) is 1.78. The summed E-state index contributed by atoms with van der Waals surface area (Å²) >= 11 is 1.61. The van der Waals surface area contributed by atoms with Crippen LogP contribution in [0.1, 0.15) is 21.5 Å². The quantitative estimate of drug-likeness (QED) is 0.768. The molecule has 0 amide bonds. The van der Waals surface area contributed by atoms with E-state index in [0.29, 0.717) is 11.1 Å². The number of ketones is 1. The summed E-state index contributed by atoms with van der Waals surface area (Å²) in [4.78, 5) is 13.7. The molecule has 0 N–H and O–H groups in total. The van der Waals surface area contributed by atoms with Crippen LogP contribution < -0.4 is 0 Å². The van der Waals surface area contributed by atoms with Gasteiger partial charge in [-0.1, -0.05) is 18.2 Å². The van der Waals surface area contributed by atoms with E-state index in [9.17, 15) is 9.18 Å². The van der Waals surface area contributed by atoms with Crippen molar-refractivity contribution in [1.82, 2.24) is 0 Å². The molecule has 2 aromatic rings. The van der Waals surface area contributed by atoms with Crippen molar-refractivity contribution in [2.45, 2.75) is 23.5 Å². The zero-order chi connectivity index (χ0) is 13.4. The predicted octanol–water partition coefficient (Wildman–Crippen LogP) is 4.03. The van der Waals surface area contributed by atoms with Crippen molar-refractivity contribution in [3.63, 3.8) is 0 Å². The number of aryl methyl sites for hydroxylation is 1. The standard InChI is InChI=1S/C16H13FOS/c1-10-8-12(17)6-7-13(10)16(18)15-9-11-4-2-3-5-14(11)19-15/h2-8,15H,9H2,1H3. The number of carbonyl (C=O) groups is 1. The Labute approximate surface area is 115 Å². The van der Waals surface area contributed by atoms with Gasteiger partial charge in [0.15, 0.2) is 5.78 Å². The molecule has 3 heteroatoms. The third-order valence-electron chi connectivity index (χ3n) is 3.39. The molecule has 0 spiro atoms. The average molecular weight is 272 g/mol. The molecule has 0 aliphatic carbocycles. The smallest absolute Gasteiger partial charge is 0.176 e. The Hall–Kier alpha value is -1.61. The zero-order valence-electron chi connectivity index (χ0n) is 10.5. The van der Waals surface area contributed by atoms with Gasteiger partial charge in [-0.2, -0.15) is 0 Å². The number of fused-ring (bicyclic) bond motifs is 1. The fourth-order valence-electron chi connectivity index (χ4n) is 2.41. The number of thioether (sulfide) groups is 1. The molecule has 0 radical (unpaired) electrons. The highest BCUT2D eigenvalue weighted by atomic mass is 32.2. The van der Waals surface area contributed by atoms with Gasteiger partial charge >= 0.3 is 0 Å². The van der Waals surface area contributed by atoms with Gasteiger partial charge in [0.2, 0.25) is 0 Å². The highest BCUT2D eigenvalue weighted by Gasteiger charge is 2.29. The lowest BCUT2D eigenvalue weighted by molar-refractivity contribution is 0.0989. The lowest BCUT2D eigenvalue weighted by Gasteiger charge is -2.10. The summed E-state index contributed by atoms with van der Waals surface area (Å²) in [5.74, 6) is -0.199. The van der Waals surface area contributed by atoms with E-state index in [0.717, 1.165) is 6.42 Å². The maximum absolute atomic E-state index is 13.1. The summed E-state index contributed by atoms with van der Waals surface area (Å²) < 4.78 is 13.1. The normalized spacial score (nSPS) is 17.3. The summed E-state index contributed by atoms with van der Waals surface area (Å²) in [5, 5.41) is -0.0819. The second-order valence-corrected chi connectivity index (χ2v) is 5.99. The number of carbonyl (C=O) groups excluding carboxylic acids is 1. The van der Waals surface area contributed by atoms with Gasteiger partial charge in [-0.25, -0.2) is 4.39 Å².